The molecule has 0 unspecified atom stereocenters. The van der Waals surface area contributed by atoms with Gasteiger partial charge in [-0.25, -0.2) is 4.98 Å². The summed E-state index contributed by atoms with van der Waals surface area (Å²) < 4.78 is 0. The summed E-state index contributed by atoms with van der Waals surface area (Å²) in [6.45, 7) is 9.60. The maximum atomic E-state index is 11.0. The Morgan fingerprint density at radius 3 is 2.53 bits per heavy atom. The Bertz CT molecular complexity index is 360. The predicted molar refractivity (Wildman–Crippen MR) is 74.3 cm³/mol. The molecule has 1 aromatic rings. The van der Waals surface area contributed by atoms with E-state index in [2.05, 4.69) is 37.6 Å². The summed E-state index contributed by atoms with van der Waals surface area (Å²) in [6.07, 6.45) is 3.95. The van der Waals surface area contributed by atoms with Crippen molar-refractivity contribution < 1.29 is 4.79 Å². The lowest BCUT2D eigenvalue weighted by Gasteiger charge is -2.25. The summed E-state index contributed by atoms with van der Waals surface area (Å²) >= 11 is 1.52. The number of hydrogen-bond donors (Lipinski definition) is 0. The van der Waals surface area contributed by atoms with Crippen molar-refractivity contribution in [3.63, 3.8) is 0 Å². The van der Waals surface area contributed by atoms with Gasteiger partial charge in [0.1, 0.15) is 0 Å². The average Bonchev–Trinajstić information content (AvgIpc) is 2.69. The highest BCUT2D eigenvalue weighted by atomic mass is 32.1. The number of nitrogens with zero attached hydrogens (tertiary/aromatic N) is 2. The zero-order valence-corrected chi connectivity index (χ0v) is 12.0. The van der Waals surface area contributed by atoms with Gasteiger partial charge in [0.25, 0.3) is 0 Å². The van der Waals surface area contributed by atoms with Gasteiger partial charge in [0.05, 0.1) is 10.6 Å². The van der Waals surface area contributed by atoms with Crippen molar-refractivity contribution in [2.45, 2.75) is 53.0 Å². The van der Waals surface area contributed by atoms with Crippen LogP contribution in [0.4, 0.5) is 5.13 Å². The SMILES string of the molecule is CCCc1nc(N(CCC)C(C)C)sc1C=O. The number of aldehydes is 1. The minimum absolute atomic E-state index is 0.426. The van der Waals surface area contributed by atoms with Gasteiger partial charge < -0.3 is 4.90 Å². The van der Waals surface area contributed by atoms with E-state index in [0.717, 1.165) is 47.8 Å². The molecule has 0 N–H and O–H groups in total. The largest absolute Gasteiger partial charge is 0.346 e. The summed E-state index contributed by atoms with van der Waals surface area (Å²) in [6, 6.07) is 0.426. The number of rotatable bonds is 7. The summed E-state index contributed by atoms with van der Waals surface area (Å²) in [5.41, 5.74) is 0.962. The Morgan fingerprint density at radius 1 is 1.35 bits per heavy atom. The van der Waals surface area contributed by atoms with Crippen molar-refractivity contribution in [2.75, 3.05) is 11.4 Å². The fourth-order valence-electron chi connectivity index (χ4n) is 1.80. The second-order valence-electron chi connectivity index (χ2n) is 4.46. The first kappa shape index (κ1) is 14.2. The van der Waals surface area contributed by atoms with E-state index in [4.69, 9.17) is 0 Å². The van der Waals surface area contributed by atoms with E-state index < -0.39 is 0 Å². The Balaban J connectivity index is 2.99. The summed E-state index contributed by atoms with van der Waals surface area (Å²) in [4.78, 5) is 18.7. The van der Waals surface area contributed by atoms with Gasteiger partial charge in [0, 0.05) is 12.6 Å². The van der Waals surface area contributed by atoms with Crippen LogP contribution in [-0.4, -0.2) is 23.9 Å². The smallest absolute Gasteiger partial charge is 0.186 e. The van der Waals surface area contributed by atoms with E-state index >= 15 is 0 Å². The number of carbonyl (C=O) groups excluding carboxylic acids is 1. The molecule has 0 bridgehead atoms. The Morgan fingerprint density at radius 2 is 2.06 bits per heavy atom. The number of anilines is 1. The number of carbonyl (C=O) groups is 1. The monoisotopic (exact) mass is 254 g/mol. The van der Waals surface area contributed by atoms with Crippen LogP contribution in [-0.2, 0) is 6.42 Å². The molecule has 17 heavy (non-hydrogen) atoms. The Hall–Kier alpha value is -0.900. The molecule has 0 radical (unpaired) electrons. The Kier molecular flexibility index (Phi) is 5.62. The van der Waals surface area contributed by atoms with E-state index in [0.29, 0.717) is 6.04 Å². The minimum Gasteiger partial charge on any atom is -0.346 e. The lowest BCUT2D eigenvalue weighted by atomic mass is 10.2. The molecular formula is C13H22N2OS. The number of thiazole rings is 1. The van der Waals surface area contributed by atoms with Crippen LogP contribution >= 0.6 is 11.3 Å². The first-order valence-corrected chi connectivity index (χ1v) is 7.17. The molecule has 0 saturated carbocycles. The van der Waals surface area contributed by atoms with E-state index in [1.54, 1.807) is 0 Å². The van der Waals surface area contributed by atoms with Crippen LogP contribution in [0.3, 0.4) is 0 Å². The lowest BCUT2D eigenvalue weighted by Crippen LogP contribution is -2.31. The second kappa shape index (κ2) is 6.74. The third-order valence-electron chi connectivity index (χ3n) is 2.64. The molecule has 0 fully saturated rings. The fraction of sp³-hybridized carbons (Fsp3) is 0.692. The maximum Gasteiger partial charge on any atom is 0.186 e. The molecule has 4 heteroatoms. The normalized spacial score (nSPS) is 10.9. The van der Waals surface area contributed by atoms with Crippen LogP contribution in [0.5, 0.6) is 0 Å². The van der Waals surface area contributed by atoms with Crippen molar-refractivity contribution in [1.29, 1.82) is 0 Å². The third-order valence-corrected chi connectivity index (χ3v) is 3.70. The highest BCUT2D eigenvalue weighted by Crippen LogP contribution is 2.27. The average molecular weight is 254 g/mol. The van der Waals surface area contributed by atoms with E-state index in [-0.39, 0.29) is 0 Å². The van der Waals surface area contributed by atoms with Crippen molar-refractivity contribution in [3.05, 3.63) is 10.6 Å². The molecule has 0 amide bonds. The van der Waals surface area contributed by atoms with Gasteiger partial charge in [-0.2, -0.15) is 0 Å². The molecule has 0 aliphatic heterocycles. The van der Waals surface area contributed by atoms with Crippen LogP contribution in [0, 0.1) is 0 Å². The topological polar surface area (TPSA) is 33.2 Å². The van der Waals surface area contributed by atoms with Crippen molar-refractivity contribution in [2.24, 2.45) is 0 Å². The van der Waals surface area contributed by atoms with Crippen LogP contribution in [0.25, 0.3) is 0 Å². The molecule has 3 nitrogen and oxygen atoms in total. The molecule has 0 atom stereocenters. The molecule has 0 aromatic carbocycles. The van der Waals surface area contributed by atoms with Gasteiger partial charge in [0.15, 0.2) is 11.4 Å². The maximum absolute atomic E-state index is 11.0. The molecule has 1 rings (SSSR count). The summed E-state index contributed by atoms with van der Waals surface area (Å²) in [5.74, 6) is 0. The van der Waals surface area contributed by atoms with Gasteiger partial charge in [-0.3, -0.25) is 4.79 Å². The van der Waals surface area contributed by atoms with Gasteiger partial charge in [-0.05, 0) is 26.7 Å². The second-order valence-corrected chi connectivity index (χ2v) is 5.47. The zero-order chi connectivity index (χ0) is 12.8. The number of hydrogen-bond acceptors (Lipinski definition) is 4. The molecule has 0 aliphatic rings. The van der Waals surface area contributed by atoms with Gasteiger partial charge in [-0.15, -0.1) is 0 Å². The molecule has 0 aliphatic carbocycles. The van der Waals surface area contributed by atoms with Crippen LogP contribution < -0.4 is 4.90 Å². The first-order chi connectivity index (χ1) is 8.13. The highest BCUT2D eigenvalue weighted by Gasteiger charge is 2.17. The van der Waals surface area contributed by atoms with Crippen molar-refractivity contribution in [1.82, 2.24) is 4.98 Å². The third kappa shape index (κ3) is 3.53. The van der Waals surface area contributed by atoms with E-state index in [1.165, 1.54) is 11.3 Å². The molecule has 96 valence electrons. The van der Waals surface area contributed by atoms with Crippen LogP contribution in [0.15, 0.2) is 0 Å². The summed E-state index contributed by atoms with van der Waals surface area (Å²) in [7, 11) is 0. The van der Waals surface area contributed by atoms with Gasteiger partial charge >= 0.3 is 0 Å². The first-order valence-electron chi connectivity index (χ1n) is 6.35. The molecule has 0 spiro atoms. The van der Waals surface area contributed by atoms with Crippen LogP contribution in [0.1, 0.15) is 55.9 Å². The van der Waals surface area contributed by atoms with Crippen molar-refractivity contribution >= 4 is 22.8 Å². The minimum atomic E-state index is 0.426. The van der Waals surface area contributed by atoms with Gasteiger partial charge in [0.2, 0.25) is 0 Å². The highest BCUT2D eigenvalue weighted by molar-refractivity contribution is 7.17. The van der Waals surface area contributed by atoms with Gasteiger partial charge in [-0.1, -0.05) is 31.6 Å². The summed E-state index contributed by atoms with van der Waals surface area (Å²) in [5, 5.41) is 0.993. The predicted octanol–water partition coefficient (Wildman–Crippen LogP) is 3.53. The van der Waals surface area contributed by atoms with Crippen LogP contribution in [0.2, 0.25) is 0 Å². The fourth-order valence-corrected chi connectivity index (χ4v) is 2.88. The molecule has 0 saturated heterocycles. The number of aryl methyl sites for hydroxylation is 1. The van der Waals surface area contributed by atoms with Crippen molar-refractivity contribution in [3.8, 4) is 0 Å². The molecule has 1 heterocycles. The molecular weight excluding hydrogens is 232 g/mol. The number of aromatic nitrogens is 1. The standard InChI is InChI=1S/C13H22N2OS/c1-5-7-11-12(9-16)17-13(14-11)15(8-6-2)10(3)4/h9-10H,5-8H2,1-4H3. The lowest BCUT2D eigenvalue weighted by molar-refractivity contribution is 0.112. The zero-order valence-electron chi connectivity index (χ0n) is 11.2. The molecule has 1 aromatic heterocycles. The quantitative estimate of drug-likeness (QED) is 0.698. The van der Waals surface area contributed by atoms with E-state index in [1.807, 2.05) is 0 Å². The van der Waals surface area contributed by atoms with E-state index in [9.17, 15) is 4.79 Å². The Labute approximate surface area is 108 Å².